The maximum atomic E-state index is 13.0. The Hall–Kier alpha value is -1.14. The van der Waals surface area contributed by atoms with Crippen molar-refractivity contribution in [2.75, 3.05) is 26.3 Å². The number of carbonyl (C=O) groups is 2. The van der Waals surface area contributed by atoms with Gasteiger partial charge in [0.1, 0.15) is 0 Å². The fraction of sp³-hybridized carbons (Fsp3) is 0.917. The van der Waals surface area contributed by atoms with Gasteiger partial charge in [0.05, 0.1) is 0 Å². The summed E-state index contributed by atoms with van der Waals surface area (Å²) in [5.41, 5.74) is -0.636. The van der Waals surface area contributed by atoms with Crippen LogP contribution in [0.4, 0.5) is 0 Å². The average Bonchev–Trinajstić information content (AvgIpc) is 2.71. The van der Waals surface area contributed by atoms with Gasteiger partial charge in [-0.15, -0.1) is 0 Å². The molecule has 5 aliphatic carbocycles. The lowest BCUT2D eigenvalue weighted by Crippen LogP contribution is -2.56. The zero-order valence-corrected chi connectivity index (χ0v) is 18.3. The van der Waals surface area contributed by atoms with Crippen molar-refractivity contribution < 1.29 is 19.8 Å². The third kappa shape index (κ3) is 4.14. The zero-order valence-electron chi connectivity index (χ0n) is 18.3. The highest BCUT2D eigenvalue weighted by molar-refractivity contribution is 5.87. The smallest absolute Gasteiger partial charge is 0.226 e. The molecular formula is C24H40N2O4. The standard InChI is InChI=1S/C24H40N2O4/c27-15-19(17-3-1-4-17)13-25-21(29)23-7-10-24(11-8-23,12-9-23)22(30)26-14-20(16-28)18-5-2-6-18/h17-20,27-28H,1-16H2,(H,25,29)(H,26,30). The Morgan fingerprint density at radius 1 is 0.700 bits per heavy atom. The highest BCUT2D eigenvalue weighted by Crippen LogP contribution is 2.57. The van der Waals surface area contributed by atoms with Crippen LogP contribution in [0, 0.1) is 34.5 Å². The first kappa shape index (κ1) is 22.1. The molecule has 0 saturated heterocycles. The van der Waals surface area contributed by atoms with E-state index in [4.69, 9.17) is 0 Å². The van der Waals surface area contributed by atoms with Gasteiger partial charge in [-0.05, 0) is 50.4 Å². The first-order chi connectivity index (χ1) is 14.5. The molecule has 5 rings (SSSR count). The van der Waals surface area contributed by atoms with Gasteiger partial charge in [0.2, 0.25) is 11.8 Å². The minimum absolute atomic E-state index is 0.138. The van der Waals surface area contributed by atoms with Gasteiger partial charge in [-0.2, -0.15) is 0 Å². The van der Waals surface area contributed by atoms with Crippen LogP contribution < -0.4 is 10.6 Å². The molecule has 0 heterocycles. The second-order valence-corrected chi connectivity index (χ2v) is 10.7. The van der Waals surface area contributed by atoms with Gasteiger partial charge in [0.15, 0.2) is 0 Å². The molecule has 30 heavy (non-hydrogen) atoms. The monoisotopic (exact) mass is 420 g/mol. The quantitative estimate of drug-likeness (QED) is 0.436. The average molecular weight is 421 g/mol. The summed E-state index contributed by atoms with van der Waals surface area (Å²) in [5, 5.41) is 25.6. The van der Waals surface area contributed by atoms with E-state index in [1.54, 1.807) is 0 Å². The number of aliphatic hydroxyl groups is 2. The normalized spacial score (nSPS) is 33.3. The van der Waals surface area contributed by atoms with Crippen LogP contribution in [-0.2, 0) is 9.59 Å². The summed E-state index contributed by atoms with van der Waals surface area (Å²) in [5.74, 6) is 1.77. The molecule has 4 N–H and O–H groups in total. The van der Waals surface area contributed by atoms with Crippen molar-refractivity contribution in [3.8, 4) is 0 Å². The number of fused-ring (bicyclic) bond motifs is 3. The lowest BCUT2D eigenvalue weighted by atomic mass is 9.53. The van der Waals surface area contributed by atoms with Crippen LogP contribution >= 0.6 is 0 Å². The summed E-state index contributed by atoms with van der Waals surface area (Å²) < 4.78 is 0. The van der Waals surface area contributed by atoms with Crippen molar-refractivity contribution in [1.29, 1.82) is 0 Å². The Kier molecular flexibility index (Phi) is 6.73. The lowest BCUT2D eigenvalue weighted by molar-refractivity contribution is -0.151. The molecule has 5 saturated carbocycles. The van der Waals surface area contributed by atoms with Crippen molar-refractivity contribution in [2.24, 2.45) is 34.5 Å². The Morgan fingerprint density at radius 2 is 1.03 bits per heavy atom. The largest absolute Gasteiger partial charge is 0.396 e. The van der Waals surface area contributed by atoms with E-state index in [2.05, 4.69) is 10.6 Å². The fourth-order valence-electron chi connectivity index (χ4n) is 6.27. The number of carbonyl (C=O) groups excluding carboxylic acids is 2. The van der Waals surface area contributed by atoms with Gasteiger partial charge in [0.25, 0.3) is 0 Å². The highest BCUT2D eigenvalue weighted by atomic mass is 16.3. The van der Waals surface area contributed by atoms with Gasteiger partial charge < -0.3 is 20.8 Å². The second-order valence-electron chi connectivity index (χ2n) is 10.7. The maximum absolute atomic E-state index is 13.0. The van der Waals surface area contributed by atoms with E-state index in [1.165, 1.54) is 38.5 Å². The topological polar surface area (TPSA) is 98.7 Å². The van der Waals surface area contributed by atoms with Crippen LogP contribution in [0.1, 0.15) is 77.0 Å². The molecule has 2 atom stereocenters. The van der Waals surface area contributed by atoms with Gasteiger partial charge in [-0.3, -0.25) is 9.59 Å². The molecule has 0 spiro atoms. The molecule has 0 aromatic heterocycles. The van der Waals surface area contributed by atoms with Crippen molar-refractivity contribution in [3.05, 3.63) is 0 Å². The van der Waals surface area contributed by atoms with E-state index in [-0.39, 0.29) is 47.7 Å². The predicted octanol–water partition coefficient (Wildman–Crippen LogP) is 2.38. The van der Waals surface area contributed by atoms with E-state index in [1.807, 2.05) is 0 Å². The van der Waals surface area contributed by atoms with E-state index >= 15 is 0 Å². The molecule has 0 aliphatic heterocycles. The summed E-state index contributed by atoms with van der Waals surface area (Å²) in [6.45, 7) is 1.46. The lowest BCUT2D eigenvalue weighted by Gasteiger charge is -2.51. The predicted molar refractivity (Wildman–Crippen MR) is 114 cm³/mol. The zero-order chi connectivity index (χ0) is 21.2. The summed E-state index contributed by atoms with van der Waals surface area (Å²) in [7, 11) is 0. The Bertz CT molecular complexity index is 550. The van der Waals surface area contributed by atoms with Crippen LogP contribution in [0.3, 0.4) is 0 Å². The second kappa shape index (κ2) is 9.15. The third-order valence-corrected chi connectivity index (χ3v) is 9.36. The van der Waals surface area contributed by atoms with Gasteiger partial charge in [-0.25, -0.2) is 0 Å². The van der Waals surface area contributed by atoms with E-state index in [0.29, 0.717) is 24.9 Å². The van der Waals surface area contributed by atoms with Crippen LogP contribution in [-0.4, -0.2) is 48.3 Å². The van der Waals surface area contributed by atoms with Crippen molar-refractivity contribution in [1.82, 2.24) is 10.6 Å². The molecule has 2 unspecified atom stereocenters. The van der Waals surface area contributed by atoms with Crippen LogP contribution in [0.15, 0.2) is 0 Å². The molecule has 0 radical (unpaired) electrons. The van der Waals surface area contributed by atoms with Crippen LogP contribution in [0.2, 0.25) is 0 Å². The number of hydrogen-bond acceptors (Lipinski definition) is 4. The Morgan fingerprint density at radius 3 is 1.27 bits per heavy atom. The van der Waals surface area contributed by atoms with E-state index < -0.39 is 0 Å². The minimum atomic E-state index is -0.318. The van der Waals surface area contributed by atoms with Gasteiger partial charge in [-0.1, -0.05) is 38.5 Å². The molecule has 5 fully saturated rings. The number of hydrogen-bond donors (Lipinski definition) is 4. The molecule has 2 bridgehead atoms. The minimum Gasteiger partial charge on any atom is -0.396 e. The summed E-state index contributed by atoms with van der Waals surface area (Å²) in [6.07, 6.45) is 11.9. The maximum Gasteiger partial charge on any atom is 0.226 e. The number of nitrogens with one attached hydrogen (secondary N) is 2. The fourth-order valence-corrected chi connectivity index (χ4v) is 6.27. The molecule has 5 aliphatic rings. The van der Waals surface area contributed by atoms with Crippen LogP contribution in [0.5, 0.6) is 0 Å². The highest BCUT2D eigenvalue weighted by Gasteiger charge is 2.55. The molecular weight excluding hydrogens is 380 g/mol. The molecule has 6 heteroatoms. The Balaban J connectivity index is 1.26. The number of amides is 2. The molecule has 0 aromatic rings. The first-order valence-corrected chi connectivity index (χ1v) is 12.3. The number of aliphatic hydroxyl groups excluding tert-OH is 2. The number of rotatable bonds is 10. The third-order valence-electron chi connectivity index (χ3n) is 9.36. The Labute approximate surface area is 180 Å². The summed E-state index contributed by atoms with van der Waals surface area (Å²) in [4.78, 5) is 26.1. The summed E-state index contributed by atoms with van der Waals surface area (Å²) in [6, 6.07) is 0. The van der Waals surface area contributed by atoms with Crippen molar-refractivity contribution in [2.45, 2.75) is 77.0 Å². The van der Waals surface area contributed by atoms with Crippen LogP contribution in [0.25, 0.3) is 0 Å². The summed E-state index contributed by atoms with van der Waals surface area (Å²) >= 11 is 0. The SMILES string of the molecule is O=C(NCC(CO)C1CCC1)C12CCC(C(=O)NCC(CO)C3CCC3)(CC1)CC2. The van der Waals surface area contributed by atoms with Crippen molar-refractivity contribution in [3.63, 3.8) is 0 Å². The van der Waals surface area contributed by atoms with Gasteiger partial charge >= 0.3 is 0 Å². The first-order valence-electron chi connectivity index (χ1n) is 12.3. The van der Waals surface area contributed by atoms with Crippen molar-refractivity contribution >= 4 is 11.8 Å². The van der Waals surface area contributed by atoms with Gasteiger partial charge in [0, 0.05) is 49.0 Å². The van der Waals surface area contributed by atoms with E-state index in [0.717, 1.165) is 38.5 Å². The van der Waals surface area contributed by atoms with E-state index in [9.17, 15) is 19.8 Å². The molecule has 2 amide bonds. The molecule has 170 valence electrons. The molecule has 0 aromatic carbocycles. The molecule has 6 nitrogen and oxygen atoms in total.